The van der Waals surface area contributed by atoms with Gasteiger partial charge in [0, 0.05) is 43.1 Å². The van der Waals surface area contributed by atoms with Crippen LogP contribution in [-0.2, 0) is 33.8 Å². The molecule has 1 unspecified atom stereocenters. The number of fused-ring (bicyclic) bond motifs is 2. The summed E-state index contributed by atoms with van der Waals surface area (Å²) >= 11 is 2.98. The van der Waals surface area contributed by atoms with Crippen LogP contribution in [0.4, 0.5) is 10.9 Å². The van der Waals surface area contributed by atoms with Crippen molar-refractivity contribution in [1.29, 1.82) is 0 Å². The van der Waals surface area contributed by atoms with Crippen molar-refractivity contribution >= 4 is 73.4 Å². The minimum Gasteiger partial charge on any atom is -0.476 e. The summed E-state index contributed by atoms with van der Waals surface area (Å²) in [5.41, 5.74) is 9.92. The van der Waals surface area contributed by atoms with Crippen LogP contribution in [0.5, 0.6) is 11.5 Å². The highest BCUT2D eigenvalue weighted by molar-refractivity contribution is 7.22. The first-order chi connectivity index (χ1) is 39.3. The van der Waals surface area contributed by atoms with Crippen LogP contribution < -0.4 is 25.6 Å². The summed E-state index contributed by atoms with van der Waals surface area (Å²) in [6.45, 7) is 14.1. The molecule has 0 saturated carbocycles. The van der Waals surface area contributed by atoms with E-state index < -0.39 is 41.4 Å². The van der Waals surface area contributed by atoms with Crippen LogP contribution in [0.25, 0.3) is 31.8 Å². The fourth-order valence-corrected chi connectivity index (χ4v) is 12.4. The number of anilines is 2. The Morgan fingerprint density at radius 2 is 1.60 bits per heavy atom. The molecule has 8 aromatic rings. The van der Waals surface area contributed by atoms with Crippen LogP contribution in [0.15, 0.2) is 127 Å². The molecule has 10 rings (SSSR count). The number of benzene rings is 5. The number of pyridine rings is 1. The van der Waals surface area contributed by atoms with Gasteiger partial charge in [-0.15, -0.1) is 11.3 Å². The molecule has 0 aliphatic carbocycles. The second-order valence-corrected chi connectivity index (χ2v) is 24.2. The number of amides is 4. The lowest BCUT2D eigenvalue weighted by molar-refractivity contribution is -0.144. The zero-order chi connectivity index (χ0) is 58.0. The molecular weight excluding hydrogens is 1070 g/mol. The first kappa shape index (κ1) is 56.9. The monoisotopic (exact) mass is 1140 g/mol. The number of carbonyl (C=O) groups is 5. The smallest absolute Gasteiger partial charge is 0.355 e. The molecule has 1 saturated heterocycles. The Bertz CT molecular complexity index is 3670. The molecule has 2 aliphatic rings. The van der Waals surface area contributed by atoms with E-state index in [1.165, 1.54) is 16.2 Å². The number of hydrogen-bond donors (Lipinski definition) is 5. The molecule has 0 radical (unpaired) electrons. The molecule has 82 heavy (non-hydrogen) atoms. The number of aromatic nitrogens is 3. The van der Waals surface area contributed by atoms with E-state index in [9.17, 15) is 34.2 Å². The van der Waals surface area contributed by atoms with Gasteiger partial charge < -0.3 is 35.4 Å². The highest BCUT2D eigenvalue weighted by atomic mass is 32.1. The summed E-state index contributed by atoms with van der Waals surface area (Å²) < 4.78 is 7.38. The van der Waals surface area contributed by atoms with Gasteiger partial charge in [-0.05, 0) is 133 Å². The van der Waals surface area contributed by atoms with Gasteiger partial charge in [0.2, 0.25) is 17.7 Å². The zero-order valence-electron chi connectivity index (χ0n) is 46.9. The van der Waals surface area contributed by atoms with E-state index in [0.29, 0.717) is 71.5 Å². The highest BCUT2D eigenvalue weighted by Crippen LogP contribution is 2.37. The number of carbonyl (C=O) groups excluding carboxylic acids is 4. The molecule has 5 N–H and O–H groups in total. The molecular formula is C64H66N8O8S2. The molecule has 2 aliphatic heterocycles. The van der Waals surface area contributed by atoms with Crippen molar-refractivity contribution in [3.63, 3.8) is 0 Å². The summed E-state index contributed by atoms with van der Waals surface area (Å²) in [5, 5.41) is 30.9. The van der Waals surface area contributed by atoms with Crippen molar-refractivity contribution < 1.29 is 38.9 Å². The number of aromatic carboxylic acids is 1. The van der Waals surface area contributed by atoms with Gasteiger partial charge in [0.1, 0.15) is 29.4 Å². The number of para-hydroxylation sites is 1. The first-order valence-corrected chi connectivity index (χ1v) is 29.2. The third kappa shape index (κ3) is 12.4. The third-order valence-corrected chi connectivity index (χ3v) is 17.4. The summed E-state index contributed by atoms with van der Waals surface area (Å²) in [5.74, 6) is -1.39. The normalized spacial score (nSPS) is 16.2. The Morgan fingerprint density at radius 3 is 2.32 bits per heavy atom. The van der Waals surface area contributed by atoms with Crippen molar-refractivity contribution in [2.24, 2.45) is 11.3 Å². The number of aliphatic hydroxyl groups is 1. The average molecular weight is 1140 g/mol. The van der Waals surface area contributed by atoms with Crippen molar-refractivity contribution in [1.82, 2.24) is 30.5 Å². The van der Waals surface area contributed by atoms with Crippen LogP contribution >= 0.6 is 22.7 Å². The summed E-state index contributed by atoms with van der Waals surface area (Å²) in [6, 6.07) is 35.8. The number of likely N-dealkylation sites (tertiary alicyclic amines) is 1. The van der Waals surface area contributed by atoms with Gasteiger partial charge in [-0.3, -0.25) is 24.5 Å². The fraction of sp³-hybridized carbons (Fsp3) is 0.312. The van der Waals surface area contributed by atoms with Gasteiger partial charge in [-0.1, -0.05) is 112 Å². The quantitative estimate of drug-likeness (QED) is 0.0576. The molecule has 422 valence electrons. The average Bonchev–Trinajstić information content (AvgIpc) is 4.33. The van der Waals surface area contributed by atoms with E-state index in [2.05, 4.69) is 25.9 Å². The molecule has 4 amide bonds. The maximum Gasteiger partial charge on any atom is 0.355 e. The second kappa shape index (κ2) is 24.0. The van der Waals surface area contributed by atoms with E-state index in [0.717, 1.165) is 54.2 Å². The number of carboxylic acids is 1. The molecule has 0 bridgehead atoms. The van der Waals surface area contributed by atoms with E-state index >= 15 is 0 Å². The number of nitrogens with one attached hydrogen (secondary N) is 3. The Labute approximate surface area is 484 Å². The number of rotatable bonds is 17. The van der Waals surface area contributed by atoms with Gasteiger partial charge in [-0.25, -0.2) is 19.7 Å². The van der Waals surface area contributed by atoms with Crippen LogP contribution in [0.2, 0.25) is 0 Å². The van der Waals surface area contributed by atoms with Crippen LogP contribution in [-0.4, -0.2) is 90.9 Å². The highest BCUT2D eigenvalue weighted by Gasteiger charge is 2.45. The molecule has 0 spiro atoms. The number of aliphatic hydroxyl groups excluding tert-OH is 1. The molecule has 16 nitrogen and oxygen atoms in total. The molecule has 18 heteroatoms. The fourth-order valence-electron chi connectivity index (χ4n) is 10.8. The predicted octanol–water partition coefficient (Wildman–Crippen LogP) is 11.3. The third-order valence-electron chi connectivity index (χ3n) is 15.5. The molecule has 1 fully saturated rings. The number of nitrogens with zero attached hydrogens (tertiary/aromatic N) is 5. The van der Waals surface area contributed by atoms with Gasteiger partial charge >= 0.3 is 5.97 Å². The van der Waals surface area contributed by atoms with Gasteiger partial charge in [0.05, 0.1) is 38.4 Å². The molecule has 5 atom stereocenters. The van der Waals surface area contributed by atoms with E-state index in [-0.39, 0.29) is 42.4 Å². The molecule has 5 heterocycles. The summed E-state index contributed by atoms with van der Waals surface area (Å²) in [6.07, 6.45) is 0.889. The van der Waals surface area contributed by atoms with Crippen molar-refractivity contribution in [2.45, 2.75) is 105 Å². The van der Waals surface area contributed by atoms with Crippen LogP contribution in [0, 0.1) is 25.2 Å². The maximum absolute atomic E-state index is 14.4. The van der Waals surface area contributed by atoms with Crippen molar-refractivity contribution in [2.75, 3.05) is 23.3 Å². The number of thiazole rings is 2. The van der Waals surface area contributed by atoms with E-state index in [1.807, 2.05) is 168 Å². The van der Waals surface area contributed by atoms with Crippen molar-refractivity contribution in [3.05, 3.63) is 172 Å². The molecule has 3 aromatic heterocycles. The number of aryl methyl sites for hydroxylation is 2. The second-order valence-electron chi connectivity index (χ2n) is 22.4. The Kier molecular flexibility index (Phi) is 16.7. The minimum absolute atomic E-state index is 0.0241. The predicted molar refractivity (Wildman–Crippen MR) is 320 cm³/mol. The van der Waals surface area contributed by atoms with Gasteiger partial charge in [-0.2, -0.15) is 0 Å². The Morgan fingerprint density at radius 1 is 0.841 bits per heavy atom. The SMILES string of the molecule is Cc1ncsc1-c1ccc([C@H](C)NC(=O)[C@@H]2CC(O)CN2C(=O)[C@@H](NC(=O)[C@H](C)CCc2ccc(Oc3cccc(-c4ccc(N5CCc6cccc(C(=O)Nc7nc8ccccc8s7)c6C5)nc4C(=O)O)c3C)cc2)C(C)(C)C)cc1. The summed E-state index contributed by atoms with van der Waals surface area (Å²) in [4.78, 5) is 86.8. The lowest BCUT2D eigenvalue weighted by Crippen LogP contribution is -2.58. The Balaban J connectivity index is 0.746. The number of ether oxygens (including phenoxy) is 1. The maximum atomic E-state index is 14.4. The van der Waals surface area contributed by atoms with Crippen LogP contribution in [0.3, 0.4) is 0 Å². The van der Waals surface area contributed by atoms with E-state index in [1.54, 1.807) is 23.5 Å². The summed E-state index contributed by atoms with van der Waals surface area (Å²) in [7, 11) is 0. The van der Waals surface area contributed by atoms with E-state index in [4.69, 9.17) is 9.72 Å². The largest absolute Gasteiger partial charge is 0.476 e. The van der Waals surface area contributed by atoms with Gasteiger partial charge in [0.15, 0.2) is 10.8 Å². The first-order valence-electron chi connectivity index (χ1n) is 27.5. The zero-order valence-corrected chi connectivity index (χ0v) is 48.5. The van der Waals surface area contributed by atoms with Crippen molar-refractivity contribution in [3.8, 4) is 33.1 Å². The lowest BCUT2D eigenvalue weighted by Gasteiger charge is -2.36. The number of β-amino-alcohol motifs (C(OH)–C–C–N with tert-alkyl or cyclic N) is 1. The number of carboxylic acid groups (broad SMARTS) is 1. The number of hydrogen-bond acceptors (Lipinski definition) is 13. The standard InChI is InChI=1S/C64H66N8O8S2/c1-36(58(74)69-57(64(5,6)7)61(77)72-33-44(73)32-51(72)60(76)66-38(3)41-22-24-43(25-23-41)56-39(4)65-35-81-56)18-19-40-20-26-45(27-21-40)80-52-16-11-13-46(37(52)2)47-28-29-54(68-55(47)62(78)79)71-31-30-42-12-10-14-48(49(42)34-71)59(75)70-63-67-50-15-8-9-17-53(50)82-63/h8-17,20-29,35-36,38,44,51,57,73H,18-19,30-34H2,1-7H3,(H,66,76)(H,69,74)(H,78,79)(H,67,70,75)/t36-,38+,44?,51+,57-/m1/s1. The van der Waals surface area contributed by atoms with Crippen LogP contribution in [0.1, 0.15) is 108 Å². The minimum atomic E-state index is -1.18. The Hall–Kier alpha value is -8.32. The lowest BCUT2D eigenvalue weighted by atomic mass is 9.85. The van der Waals surface area contributed by atoms with Gasteiger partial charge in [0.25, 0.3) is 5.91 Å². The molecule has 5 aromatic carbocycles. The topological polar surface area (TPSA) is 216 Å².